The lowest BCUT2D eigenvalue weighted by Crippen LogP contribution is -2.37. The molecule has 0 saturated heterocycles. The summed E-state index contributed by atoms with van der Waals surface area (Å²) in [5, 5.41) is 10.5. The normalized spacial score (nSPS) is 12.4. The minimum Gasteiger partial charge on any atom is -0.509 e. The quantitative estimate of drug-likeness (QED) is 0.142. The second kappa shape index (κ2) is 13.5. The summed E-state index contributed by atoms with van der Waals surface area (Å²) in [5.74, 6) is 2.95. The molecule has 1 atom stereocenters. The number of benzene rings is 4. The van der Waals surface area contributed by atoms with E-state index in [2.05, 4.69) is 43.8 Å². The van der Waals surface area contributed by atoms with Gasteiger partial charge in [-0.3, -0.25) is 0 Å². The lowest BCUT2D eigenvalue weighted by Gasteiger charge is -2.30. The molecule has 1 N–H and O–H groups in total. The van der Waals surface area contributed by atoms with Crippen molar-refractivity contribution in [2.45, 2.75) is 52.1 Å². The average Bonchev–Trinajstić information content (AvgIpc) is 3.39. The molecule has 0 saturated carbocycles. The maximum absolute atomic E-state index is 10.5. The third kappa shape index (κ3) is 7.36. The Labute approximate surface area is 254 Å². The highest BCUT2D eigenvalue weighted by molar-refractivity contribution is 5.69. The highest BCUT2D eigenvalue weighted by atomic mass is 16.5. The van der Waals surface area contributed by atoms with E-state index in [0.717, 1.165) is 57.9 Å². The van der Waals surface area contributed by atoms with E-state index in [1.54, 1.807) is 0 Å². The van der Waals surface area contributed by atoms with Crippen molar-refractivity contribution in [2.24, 2.45) is 0 Å². The Morgan fingerprint density at radius 1 is 0.860 bits per heavy atom. The number of aromatic nitrogens is 1. The summed E-state index contributed by atoms with van der Waals surface area (Å²) in [5.41, 5.74) is 5.33. The first kappa shape index (κ1) is 29.7. The molecule has 5 nitrogen and oxygen atoms in total. The minimum atomic E-state index is -0.962. The first-order chi connectivity index (χ1) is 20.8. The van der Waals surface area contributed by atoms with Gasteiger partial charge in [0, 0.05) is 18.4 Å². The van der Waals surface area contributed by atoms with Crippen LogP contribution in [-0.2, 0) is 19.3 Å². The molecule has 0 spiro atoms. The van der Waals surface area contributed by atoms with E-state index >= 15 is 0 Å². The van der Waals surface area contributed by atoms with E-state index in [4.69, 9.17) is 18.9 Å². The fourth-order valence-electron chi connectivity index (χ4n) is 5.19. The summed E-state index contributed by atoms with van der Waals surface area (Å²) in [6.45, 7) is 10.3. The lowest BCUT2D eigenvalue weighted by atomic mass is 9.92. The first-order valence-electron chi connectivity index (χ1n) is 14.8. The fraction of sp³-hybridized carbons (Fsp3) is 0.237. The average molecular weight is 574 g/mol. The molecule has 0 aliphatic carbocycles. The number of aliphatic hydroxyl groups is 1. The van der Waals surface area contributed by atoms with Crippen molar-refractivity contribution < 1.29 is 19.0 Å². The van der Waals surface area contributed by atoms with Gasteiger partial charge >= 0.3 is 0 Å². The van der Waals surface area contributed by atoms with Gasteiger partial charge in [-0.05, 0) is 72.9 Å². The van der Waals surface area contributed by atoms with Gasteiger partial charge < -0.3 is 19.0 Å². The van der Waals surface area contributed by atoms with E-state index in [0.29, 0.717) is 31.1 Å². The van der Waals surface area contributed by atoms with Crippen LogP contribution in [0.25, 0.3) is 22.6 Å². The molecule has 220 valence electrons. The molecule has 1 heterocycles. The Kier molecular flexibility index (Phi) is 9.31. The Morgan fingerprint density at radius 2 is 1.56 bits per heavy atom. The predicted molar refractivity (Wildman–Crippen MR) is 173 cm³/mol. The van der Waals surface area contributed by atoms with Crippen molar-refractivity contribution in [3.05, 3.63) is 138 Å². The maximum atomic E-state index is 10.5. The van der Waals surface area contributed by atoms with Gasteiger partial charge in [0.05, 0.1) is 12.3 Å². The molecule has 1 unspecified atom stereocenters. The van der Waals surface area contributed by atoms with Crippen LogP contribution in [-0.4, -0.2) is 22.3 Å². The van der Waals surface area contributed by atoms with E-state index in [9.17, 15) is 5.11 Å². The molecule has 0 bridgehead atoms. The van der Waals surface area contributed by atoms with E-state index in [1.165, 1.54) is 0 Å². The minimum absolute atomic E-state index is 0.0112. The summed E-state index contributed by atoms with van der Waals surface area (Å²) in [6, 6.07) is 34.3. The number of aryl methyl sites for hydroxylation is 2. The Hall–Kier alpha value is -4.77. The monoisotopic (exact) mass is 573 g/mol. The van der Waals surface area contributed by atoms with Crippen molar-refractivity contribution >= 4 is 0 Å². The highest BCUT2D eigenvalue weighted by Gasteiger charge is 2.31. The number of para-hydroxylation sites is 1. The van der Waals surface area contributed by atoms with Crippen LogP contribution in [0.3, 0.4) is 0 Å². The van der Waals surface area contributed by atoms with Crippen LogP contribution in [0.15, 0.2) is 120 Å². The molecule has 0 fully saturated rings. The zero-order chi connectivity index (χ0) is 30.2. The second-order valence-corrected chi connectivity index (χ2v) is 11.0. The Balaban J connectivity index is 1.26. The van der Waals surface area contributed by atoms with Crippen LogP contribution >= 0.6 is 0 Å². The van der Waals surface area contributed by atoms with Gasteiger partial charge in [0.2, 0.25) is 5.89 Å². The zero-order valence-electron chi connectivity index (χ0n) is 25.2. The molecule has 5 aromatic rings. The Bertz CT molecular complexity index is 1660. The van der Waals surface area contributed by atoms with Crippen LogP contribution in [0.5, 0.6) is 11.5 Å². The molecule has 5 heteroatoms. The molecule has 0 amide bonds. The molecule has 0 aliphatic rings. The molecule has 5 rings (SSSR count). The van der Waals surface area contributed by atoms with Gasteiger partial charge in [-0.25, -0.2) is 4.98 Å². The summed E-state index contributed by atoms with van der Waals surface area (Å²) in [7, 11) is 0. The number of hydrogen-bond acceptors (Lipinski definition) is 5. The number of rotatable bonds is 13. The molecule has 0 aliphatic heterocycles. The third-order valence-electron chi connectivity index (χ3n) is 7.59. The molecule has 0 radical (unpaired) electrons. The predicted octanol–water partition coefficient (Wildman–Crippen LogP) is 9.34. The zero-order valence-corrected chi connectivity index (χ0v) is 25.2. The van der Waals surface area contributed by atoms with Crippen molar-refractivity contribution in [3.63, 3.8) is 0 Å². The van der Waals surface area contributed by atoms with Crippen LogP contribution in [0, 0.1) is 6.92 Å². The van der Waals surface area contributed by atoms with E-state index < -0.39 is 5.60 Å². The smallest absolute Gasteiger partial charge is 0.226 e. The highest BCUT2D eigenvalue weighted by Crippen LogP contribution is 2.31. The van der Waals surface area contributed by atoms with E-state index in [1.807, 2.05) is 86.6 Å². The fourth-order valence-corrected chi connectivity index (χ4v) is 5.19. The van der Waals surface area contributed by atoms with Gasteiger partial charge in [-0.1, -0.05) is 92.7 Å². The van der Waals surface area contributed by atoms with E-state index in [-0.39, 0.29) is 5.76 Å². The van der Waals surface area contributed by atoms with Crippen molar-refractivity contribution in [1.82, 2.24) is 4.98 Å². The molecule has 4 aromatic carbocycles. The summed E-state index contributed by atoms with van der Waals surface area (Å²) in [6.07, 6.45) is 2.97. The number of hydrogen-bond donors (Lipinski definition) is 1. The number of nitrogens with zero attached hydrogens (tertiary/aromatic N) is 1. The largest absolute Gasteiger partial charge is 0.509 e. The summed E-state index contributed by atoms with van der Waals surface area (Å²) >= 11 is 0. The van der Waals surface area contributed by atoms with Crippen LogP contribution in [0.2, 0.25) is 0 Å². The number of aliphatic hydroxyl groups excluding tert-OH is 1. The van der Waals surface area contributed by atoms with Crippen molar-refractivity contribution in [1.29, 1.82) is 0 Å². The van der Waals surface area contributed by atoms with Crippen molar-refractivity contribution in [2.75, 3.05) is 6.61 Å². The third-order valence-corrected chi connectivity index (χ3v) is 7.59. The van der Waals surface area contributed by atoms with Crippen LogP contribution < -0.4 is 9.47 Å². The molecular formula is C38H39NO4. The lowest BCUT2D eigenvalue weighted by molar-refractivity contribution is 0.0795. The summed E-state index contributed by atoms with van der Waals surface area (Å²) in [4.78, 5) is 4.82. The number of oxazole rings is 1. The van der Waals surface area contributed by atoms with Crippen LogP contribution in [0.4, 0.5) is 0 Å². The van der Waals surface area contributed by atoms with Crippen molar-refractivity contribution in [3.8, 4) is 34.1 Å². The molecule has 1 aromatic heterocycles. The summed E-state index contributed by atoms with van der Waals surface area (Å²) < 4.78 is 18.6. The van der Waals surface area contributed by atoms with Gasteiger partial charge in [0.1, 0.15) is 23.0 Å². The first-order valence-corrected chi connectivity index (χ1v) is 14.8. The van der Waals surface area contributed by atoms with Gasteiger partial charge in [-0.2, -0.15) is 0 Å². The number of ether oxygens (including phenoxy) is 2. The van der Waals surface area contributed by atoms with Crippen LogP contribution in [0.1, 0.15) is 42.8 Å². The molecule has 43 heavy (non-hydrogen) atoms. The molecular weight excluding hydrogens is 534 g/mol. The van der Waals surface area contributed by atoms with Gasteiger partial charge in [0.25, 0.3) is 0 Å². The maximum Gasteiger partial charge on any atom is 0.226 e. The topological polar surface area (TPSA) is 64.7 Å². The van der Waals surface area contributed by atoms with Gasteiger partial charge in [0.15, 0.2) is 5.60 Å². The second-order valence-electron chi connectivity index (χ2n) is 11.0. The van der Waals surface area contributed by atoms with Gasteiger partial charge in [-0.15, -0.1) is 0 Å². The SMILES string of the molecule is C=C(O)C(C)(Cc1ccc(OCCc2nc(-c3cccc(-c4ccccc4)c3)oc2C)c(CCC)c1)Oc1ccccc1. The standard InChI is InChI=1S/C38H39NO4/c1-5-13-32-24-29(26-38(4,28(3)40)43-34-18-10-7-11-19-34)20-21-36(32)41-23-22-35-27(2)42-37(39-35)33-17-12-16-31(25-33)30-14-8-6-9-15-30/h6-12,14-21,24-25,40H,3,5,13,22-23,26H2,1-2,4H3. The Morgan fingerprint density at radius 3 is 2.28 bits per heavy atom.